The van der Waals surface area contributed by atoms with E-state index in [-0.39, 0.29) is 24.2 Å². The molecule has 3 amide bonds. The van der Waals surface area contributed by atoms with Crippen LogP contribution in [-0.4, -0.2) is 61.3 Å². The third-order valence-corrected chi connectivity index (χ3v) is 5.12. The first kappa shape index (κ1) is 26.3. The van der Waals surface area contributed by atoms with Crippen molar-refractivity contribution in [1.82, 2.24) is 15.2 Å². The van der Waals surface area contributed by atoms with Crippen molar-refractivity contribution in [2.75, 3.05) is 44.8 Å². The number of rotatable bonds is 14. The van der Waals surface area contributed by atoms with E-state index in [0.717, 1.165) is 23.2 Å². The predicted molar refractivity (Wildman–Crippen MR) is 126 cm³/mol. The molecule has 9 heteroatoms. The van der Waals surface area contributed by atoms with E-state index in [1.54, 1.807) is 4.90 Å². The van der Waals surface area contributed by atoms with Crippen molar-refractivity contribution >= 4 is 17.6 Å². The molecule has 0 unspecified atom stereocenters. The fourth-order valence-corrected chi connectivity index (χ4v) is 3.10. The number of aromatic nitrogens is 1. The van der Waals surface area contributed by atoms with E-state index in [2.05, 4.69) is 15.6 Å². The predicted octanol–water partition coefficient (Wildman–Crippen LogP) is 3.91. The van der Waals surface area contributed by atoms with Crippen LogP contribution in [-0.2, 0) is 16.0 Å². The van der Waals surface area contributed by atoms with Crippen LogP contribution in [0.5, 0.6) is 0 Å². The zero-order chi connectivity index (χ0) is 24.1. The van der Waals surface area contributed by atoms with Gasteiger partial charge in [0.2, 0.25) is 5.89 Å². The molecular formula is C24H36N4O5. The molecule has 0 fully saturated rings. The lowest BCUT2D eigenvalue weighted by molar-refractivity contribution is 0.0939. The average Bonchev–Trinajstić information content (AvgIpc) is 3.27. The standard InChI is InChI=1S/C24H36N4O5/c1-5-31-14-8-12-25-23(29)21-17-33-22(26-21)16-28(13-9-15-32-6-2)24(30)27-20-11-7-10-18(3)19(20)4/h7,10-11,17H,5-6,8-9,12-16H2,1-4H3,(H,25,29)(H,27,30). The summed E-state index contributed by atoms with van der Waals surface area (Å²) in [6.45, 7) is 11.3. The Hall–Kier alpha value is -2.91. The lowest BCUT2D eigenvalue weighted by Gasteiger charge is -2.22. The molecule has 2 rings (SSSR count). The second-order valence-electron chi connectivity index (χ2n) is 7.58. The van der Waals surface area contributed by atoms with E-state index < -0.39 is 0 Å². The minimum atomic E-state index is -0.316. The highest BCUT2D eigenvalue weighted by Gasteiger charge is 2.19. The van der Waals surface area contributed by atoms with E-state index in [4.69, 9.17) is 13.9 Å². The lowest BCUT2D eigenvalue weighted by Crippen LogP contribution is -2.36. The Balaban J connectivity index is 2.00. The number of oxazole rings is 1. The van der Waals surface area contributed by atoms with Gasteiger partial charge in [-0.05, 0) is 57.7 Å². The summed E-state index contributed by atoms with van der Waals surface area (Å²) in [5.74, 6) is -0.0220. The largest absolute Gasteiger partial charge is 0.446 e. The molecule has 1 aromatic carbocycles. The van der Waals surface area contributed by atoms with Crippen LogP contribution in [0, 0.1) is 13.8 Å². The first-order valence-corrected chi connectivity index (χ1v) is 11.5. The average molecular weight is 461 g/mol. The molecule has 1 aromatic heterocycles. The van der Waals surface area contributed by atoms with E-state index in [1.807, 2.05) is 45.9 Å². The maximum absolute atomic E-state index is 13.0. The van der Waals surface area contributed by atoms with E-state index in [1.165, 1.54) is 6.26 Å². The van der Waals surface area contributed by atoms with Crippen LogP contribution in [0.15, 0.2) is 28.9 Å². The second kappa shape index (κ2) is 14.3. The summed E-state index contributed by atoms with van der Waals surface area (Å²) in [6, 6.07) is 5.52. The normalized spacial score (nSPS) is 10.8. The lowest BCUT2D eigenvalue weighted by atomic mass is 10.1. The summed E-state index contributed by atoms with van der Waals surface area (Å²) < 4.78 is 16.1. The monoisotopic (exact) mass is 460 g/mol. The van der Waals surface area contributed by atoms with Crippen molar-refractivity contribution in [2.24, 2.45) is 0 Å². The molecule has 2 aromatic rings. The molecule has 182 valence electrons. The molecule has 0 saturated heterocycles. The Morgan fingerprint density at radius 2 is 1.82 bits per heavy atom. The molecule has 2 N–H and O–H groups in total. The molecule has 0 aliphatic carbocycles. The fraction of sp³-hybridized carbons (Fsp3) is 0.542. The van der Waals surface area contributed by atoms with Crippen LogP contribution in [0.25, 0.3) is 0 Å². The molecule has 0 atom stereocenters. The van der Waals surface area contributed by atoms with Gasteiger partial charge in [0.15, 0.2) is 5.69 Å². The Morgan fingerprint density at radius 1 is 1.09 bits per heavy atom. The first-order chi connectivity index (χ1) is 16.0. The molecule has 0 radical (unpaired) electrons. The van der Waals surface area contributed by atoms with Gasteiger partial charge in [0.05, 0.1) is 6.54 Å². The summed E-state index contributed by atoms with van der Waals surface area (Å²) in [4.78, 5) is 31.2. The van der Waals surface area contributed by atoms with Gasteiger partial charge in [0, 0.05) is 45.2 Å². The molecule has 0 bridgehead atoms. The second-order valence-corrected chi connectivity index (χ2v) is 7.58. The highest BCUT2D eigenvalue weighted by molar-refractivity contribution is 5.92. The Morgan fingerprint density at radius 3 is 2.55 bits per heavy atom. The van der Waals surface area contributed by atoms with Crippen molar-refractivity contribution in [1.29, 1.82) is 0 Å². The maximum Gasteiger partial charge on any atom is 0.322 e. The van der Waals surface area contributed by atoms with Crippen LogP contribution in [0.4, 0.5) is 10.5 Å². The smallest absolute Gasteiger partial charge is 0.322 e. The number of aryl methyl sites for hydroxylation is 1. The number of anilines is 1. The number of ether oxygens (including phenoxy) is 2. The quantitative estimate of drug-likeness (QED) is 0.414. The molecule has 0 saturated carbocycles. The minimum absolute atomic E-state index is 0.139. The topological polar surface area (TPSA) is 106 Å². The highest BCUT2D eigenvalue weighted by Crippen LogP contribution is 2.19. The number of benzene rings is 1. The van der Waals surface area contributed by atoms with Crippen LogP contribution in [0.2, 0.25) is 0 Å². The van der Waals surface area contributed by atoms with Crippen LogP contribution < -0.4 is 10.6 Å². The van der Waals surface area contributed by atoms with E-state index >= 15 is 0 Å². The summed E-state index contributed by atoms with van der Waals surface area (Å²) in [5, 5.41) is 5.76. The van der Waals surface area contributed by atoms with Crippen molar-refractivity contribution in [3.8, 4) is 0 Å². The van der Waals surface area contributed by atoms with Gasteiger partial charge in [0.25, 0.3) is 5.91 Å². The Labute approximate surface area is 195 Å². The number of amides is 3. The van der Waals surface area contributed by atoms with Gasteiger partial charge in [-0.2, -0.15) is 0 Å². The van der Waals surface area contributed by atoms with Crippen LogP contribution in [0.1, 0.15) is 54.2 Å². The zero-order valence-corrected chi connectivity index (χ0v) is 20.1. The molecule has 1 heterocycles. The number of carbonyl (C=O) groups is 2. The van der Waals surface area contributed by atoms with Crippen molar-refractivity contribution in [3.05, 3.63) is 47.2 Å². The molecule has 9 nitrogen and oxygen atoms in total. The third kappa shape index (κ3) is 8.86. The van der Waals surface area contributed by atoms with Gasteiger partial charge in [-0.1, -0.05) is 12.1 Å². The Kier molecular flexibility index (Phi) is 11.4. The number of carbonyl (C=O) groups excluding carboxylic acids is 2. The van der Waals surface area contributed by atoms with E-state index in [9.17, 15) is 9.59 Å². The highest BCUT2D eigenvalue weighted by atomic mass is 16.5. The number of hydrogen-bond donors (Lipinski definition) is 2. The van der Waals surface area contributed by atoms with Gasteiger partial charge in [-0.3, -0.25) is 4.79 Å². The third-order valence-electron chi connectivity index (χ3n) is 5.12. The number of nitrogens with zero attached hydrogens (tertiary/aromatic N) is 2. The summed E-state index contributed by atoms with van der Waals surface area (Å²) in [5.41, 5.74) is 3.06. The van der Waals surface area contributed by atoms with Gasteiger partial charge < -0.3 is 29.4 Å². The minimum Gasteiger partial charge on any atom is -0.446 e. The first-order valence-electron chi connectivity index (χ1n) is 11.5. The molecule has 0 spiro atoms. The summed E-state index contributed by atoms with van der Waals surface area (Å²) in [7, 11) is 0. The Bertz CT molecular complexity index is 883. The van der Waals surface area contributed by atoms with Gasteiger partial charge in [-0.15, -0.1) is 0 Å². The number of hydrogen-bond acceptors (Lipinski definition) is 6. The van der Waals surface area contributed by atoms with Gasteiger partial charge in [-0.25, -0.2) is 9.78 Å². The van der Waals surface area contributed by atoms with E-state index in [0.29, 0.717) is 51.8 Å². The molecule has 33 heavy (non-hydrogen) atoms. The van der Waals surface area contributed by atoms with Gasteiger partial charge >= 0.3 is 6.03 Å². The van der Waals surface area contributed by atoms with Crippen molar-refractivity contribution < 1.29 is 23.5 Å². The summed E-state index contributed by atoms with van der Waals surface area (Å²) in [6.07, 6.45) is 2.70. The van der Waals surface area contributed by atoms with Crippen molar-refractivity contribution in [3.63, 3.8) is 0 Å². The molecule has 0 aliphatic rings. The summed E-state index contributed by atoms with van der Waals surface area (Å²) >= 11 is 0. The van der Waals surface area contributed by atoms with Crippen LogP contribution in [0.3, 0.4) is 0 Å². The maximum atomic E-state index is 13.0. The number of urea groups is 1. The molecular weight excluding hydrogens is 424 g/mol. The number of nitrogens with one attached hydrogen (secondary N) is 2. The van der Waals surface area contributed by atoms with Crippen molar-refractivity contribution in [2.45, 2.75) is 47.1 Å². The van der Waals surface area contributed by atoms with Crippen LogP contribution >= 0.6 is 0 Å². The van der Waals surface area contributed by atoms with Gasteiger partial charge in [0.1, 0.15) is 6.26 Å². The zero-order valence-electron chi connectivity index (χ0n) is 20.1. The fourth-order valence-electron chi connectivity index (χ4n) is 3.10. The molecule has 0 aliphatic heterocycles. The SMILES string of the molecule is CCOCCCNC(=O)c1coc(CN(CCCOCC)C(=O)Nc2cccc(C)c2C)n1.